The van der Waals surface area contributed by atoms with Gasteiger partial charge in [0.25, 0.3) is 0 Å². The monoisotopic (exact) mass is 180 g/mol. The van der Waals surface area contributed by atoms with E-state index in [-0.39, 0.29) is 5.54 Å². The van der Waals surface area contributed by atoms with Crippen LogP contribution in [0.2, 0.25) is 0 Å². The maximum absolute atomic E-state index is 4.20. The van der Waals surface area contributed by atoms with Crippen LogP contribution in [0.4, 0.5) is 0 Å². The van der Waals surface area contributed by atoms with Gasteiger partial charge in [0.15, 0.2) is 0 Å². The minimum Gasteiger partial charge on any atom is -0.311 e. The van der Waals surface area contributed by atoms with Gasteiger partial charge < -0.3 is 5.32 Å². The van der Waals surface area contributed by atoms with Gasteiger partial charge in [-0.3, -0.25) is 0 Å². The van der Waals surface area contributed by atoms with Crippen molar-refractivity contribution in [2.45, 2.75) is 39.3 Å². The highest BCUT2D eigenvalue weighted by molar-refractivity contribution is 5.14. The second kappa shape index (κ2) is 2.80. The fourth-order valence-electron chi connectivity index (χ4n) is 1.67. The average molecular weight is 180 g/mol. The molecule has 0 amide bonds. The summed E-state index contributed by atoms with van der Waals surface area (Å²) >= 11 is 0. The molecule has 0 saturated carbocycles. The van der Waals surface area contributed by atoms with Crippen molar-refractivity contribution in [3.63, 3.8) is 0 Å². The maximum atomic E-state index is 4.20. The third-order valence-corrected chi connectivity index (χ3v) is 2.31. The molecule has 0 atom stereocenters. The third-order valence-electron chi connectivity index (χ3n) is 2.31. The van der Waals surface area contributed by atoms with Crippen LogP contribution in [0.15, 0.2) is 0 Å². The summed E-state index contributed by atoms with van der Waals surface area (Å²) in [6.45, 7) is 8.37. The topological polar surface area (TPSA) is 42.7 Å². The molecule has 1 aromatic rings. The van der Waals surface area contributed by atoms with E-state index >= 15 is 0 Å². The van der Waals surface area contributed by atoms with Crippen molar-refractivity contribution < 1.29 is 0 Å². The summed E-state index contributed by atoms with van der Waals surface area (Å²) in [7, 11) is 0. The molecule has 1 N–H and O–H groups in total. The second-order valence-corrected chi connectivity index (χ2v) is 4.49. The fourth-order valence-corrected chi connectivity index (χ4v) is 1.67. The Hall–Kier alpha value is -0.900. The molecule has 72 valence electrons. The van der Waals surface area contributed by atoms with Crippen LogP contribution in [-0.2, 0) is 18.5 Å². The summed E-state index contributed by atoms with van der Waals surface area (Å²) in [6, 6.07) is 0. The molecule has 1 aliphatic rings. The summed E-state index contributed by atoms with van der Waals surface area (Å²) < 4.78 is 2.04. The molecule has 13 heavy (non-hydrogen) atoms. The molecule has 1 aromatic heterocycles. The Bertz CT molecular complexity index is 308. The van der Waals surface area contributed by atoms with Crippen LogP contribution in [0.1, 0.15) is 32.2 Å². The molecule has 0 unspecified atom stereocenters. The van der Waals surface area contributed by atoms with Crippen molar-refractivity contribution in [3.05, 3.63) is 11.4 Å². The van der Waals surface area contributed by atoms with Crippen LogP contribution in [0, 0.1) is 0 Å². The van der Waals surface area contributed by atoms with Gasteiger partial charge in [0, 0.05) is 19.5 Å². The first kappa shape index (κ1) is 8.69. The number of rotatable bonds is 0. The van der Waals surface area contributed by atoms with Crippen molar-refractivity contribution in [3.8, 4) is 0 Å². The highest BCUT2D eigenvalue weighted by Gasteiger charge is 2.23. The van der Waals surface area contributed by atoms with Crippen LogP contribution < -0.4 is 5.32 Å². The Balaban J connectivity index is 2.43. The number of aromatic nitrogens is 3. The van der Waals surface area contributed by atoms with E-state index in [0.29, 0.717) is 0 Å². The molecule has 0 aliphatic carbocycles. The molecule has 0 spiro atoms. The normalized spacial score (nSPS) is 17.2. The summed E-state index contributed by atoms with van der Waals surface area (Å²) in [5, 5.41) is 11.7. The first-order chi connectivity index (χ1) is 6.09. The molecule has 0 bridgehead atoms. The van der Waals surface area contributed by atoms with E-state index in [1.807, 2.05) is 4.68 Å². The first-order valence-electron chi connectivity index (χ1n) is 4.74. The minimum atomic E-state index is 0.0535. The molecule has 1 aliphatic heterocycles. The van der Waals surface area contributed by atoms with Gasteiger partial charge in [-0.15, -0.1) is 5.10 Å². The first-order valence-corrected chi connectivity index (χ1v) is 4.74. The van der Waals surface area contributed by atoms with E-state index in [4.69, 9.17) is 0 Å². The largest absolute Gasteiger partial charge is 0.311 e. The lowest BCUT2D eigenvalue weighted by Crippen LogP contribution is -2.30. The van der Waals surface area contributed by atoms with Gasteiger partial charge in [-0.1, -0.05) is 5.21 Å². The summed E-state index contributed by atoms with van der Waals surface area (Å²) in [5.74, 6) is 0. The van der Waals surface area contributed by atoms with Crippen LogP contribution >= 0.6 is 0 Å². The second-order valence-electron chi connectivity index (χ2n) is 4.49. The maximum Gasteiger partial charge on any atom is 0.0997 e. The highest BCUT2D eigenvalue weighted by atomic mass is 15.5. The number of hydrogen-bond acceptors (Lipinski definition) is 3. The van der Waals surface area contributed by atoms with Gasteiger partial charge in [-0.05, 0) is 20.8 Å². The molecular weight excluding hydrogens is 164 g/mol. The Labute approximate surface area is 78.3 Å². The zero-order valence-corrected chi connectivity index (χ0v) is 8.46. The molecule has 2 heterocycles. The smallest absolute Gasteiger partial charge is 0.0997 e. The van der Waals surface area contributed by atoms with Crippen molar-refractivity contribution in [1.82, 2.24) is 20.3 Å². The van der Waals surface area contributed by atoms with Crippen LogP contribution in [0.5, 0.6) is 0 Å². The summed E-state index contributed by atoms with van der Waals surface area (Å²) in [6.07, 6.45) is 1.04. The lowest BCUT2D eigenvalue weighted by molar-refractivity contribution is 0.333. The van der Waals surface area contributed by atoms with Gasteiger partial charge in [0.05, 0.1) is 16.9 Å². The molecule has 0 fully saturated rings. The average Bonchev–Trinajstić information content (AvgIpc) is 2.45. The van der Waals surface area contributed by atoms with Gasteiger partial charge in [-0.2, -0.15) is 0 Å². The molecule has 0 radical (unpaired) electrons. The van der Waals surface area contributed by atoms with Crippen LogP contribution in [0.3, 0.4) is 0 Å². The number of nitrogens with zero attached hydrogens (tertiary/aromatic N) is 3. The molecule has 4 nitrogen and oxygen atoms in total. The van der Waals surface area contributed by atoms with Crippen molar-refractivity contribution >= 4 is 0 Å². The van der Waals surface area contributed by atoms with Crippen LogP contribution in [-0.4, -0.2) is 21.5 Å². The summed E-state index contributed by atoms with van der Waals surface area (Å²) in [4.78, 5) is 0. The fraction of sp³-hybridized carbons (Fsp3) is 0.778. The Morgan fingerprint density at radius 3 is 2.85 bits per heavy atom. The van der Waals surface area contributed by atoms with Gasteiger partial charge >= 0.3 is 0 Å². The van der Waals surface area contributed by atoms with E-state index in [2.05, 4.69) is 36.4 Å². The molecule has 0 aromatic carbocycles. The predicted octanol–water partition coefficient (Wildman–Crippen LogP) is 0.679. The highest BCUT2D eigenvalue weighted by Crippen LogP contribution is 2.19. The minimum absolute atomic E-state index is 0.0535. The Morgan fingerprint density at radius 2 is 2.15 bits per heavy atom. The van der Waals surface area contributed by atoms with Crippen LogP contribution in [0.25, 0.3) is 0 Å². The quantitative estimate of drug-likeness (QED) is 0.638. The molecule has 0 saturated heterocycles. The van der Waals surface area contributed by atoms with Gasteiger partial charge in [0.2, 0.25) is 0 Å². The lowest BCUT2D eigenvalue weighted by atomic mass is 10.1. The lowest BCUT2D eigenvalue weighted by Gasteiger charge is -2.23. The molecular formula is C9H16N4. The van der Waals surface area contributed by atoms with Crippen molar-refractivity contribution in [2.75, 3.05) is 6.54 Å². The van der Waals surface area contributed by atoms with Crippen molar-refractivity contribution in [2.24, 2.45) is 0 Å². The zero-order chi connectivity index (χ0) is 9.47. The molecule has 4 heteroatoms. The SMILES string of the molecule is CC(C)(C)n1nnc2c1CCNC2. The van der Waals surface area contributed by atoms with Gasteiger partial charge in [0.1, 0.15) is 0 Å². The Kier molecular flexibility index (Phi) is 1.87. The zero-order valence-electron chi connectivity index (χ0n) is 8.46. The van der Waals surface area contributed by atoms with E-state index in [9.17, 15) is 0 Å². The molecule has 2 rings (SSSR count). The van der Waals surface area contributed by atoms with E-state index < -0.39 is 0 Å². The van der Waals surface area contributed by atoms with E-state index in [0.717, 1.165) is 25.2 Å². The van der Waals surface area contributed by atoms with E-state index in [1.54, 1.807) is 0 Å². The number of hydrogen-bond donors (Lipinski definition) is 1. The van der Waals surface area contributed by atoms with Gasteiger partial charge in [-0.25, -0.2) is 4.68 Å². The van der Waals surface area contributed by atoms with Crippen molar-refractivity contribution in [1.29, 1.82) is 0 Å². The third kappa shape index (κ3) is 1.46. The standard InChI is InChI=1S/C9H16N4/c1-9(2,3)13-8-4-5-10-6-7(8)11-12-13/h10H,4-6H2,1-3H3. The summed E-state index contributed by atoms with van der Waals surface area (Å²) in [5.41, 5.74) is 2.46. The predicted molar refractivity (Wildman–Crippen MR) is 50.4 cm³/mol. The van der Waals surface area contributed by atoms with E-state index in [1.165, 1.54) is 5.69 Å². The Morgan fingerprint density at radius 1 is 1.38 bits per heavy atom. The number of fused-ring (bicyclic) bond motifs is 1. The number of nitrogens with one attached hydrogen (secondary N) is 1.